The Hall–Kier alpha value is -2.53. The summed E-state index contributed by atoms with van der Waals surface area (Å²) < 4.78 is 0. The lowest BCUT2D eigenvalue weighted by Gasteiger charge is -2.13. The van der Waals surface area contributed by atoms with E-state index >= 15 is 0 Å². The first-order chi connectivity index (χ1) is 11.9. The minimum absolute atomic E-state index is 0.110. The molecular weight excluding hydrogens is 338 g/mol. The Morgan fingerprint density at radius 1 is 1.00 bits per heavy atom. The normalized spacial score (nSPS) is 10.2. The zero-order valence-corrected chi connectivity index (χ0v) is 15.3. The molecule has 5 nitrogen and oxygen atoms in total. The van der Waals surface area contributed by atoms with Gasteiger partial charge in [0.05, 0.1) is 6.54 Å². The Bertz CT molecular complexity index is 767. The SMILES string of the molecule is Cc1cc(C)c(NC(=O)CNC(=O)NCc2ccccc2Cl)c(C)c1. The van der Waals surface area contributed by atoms with E-state index in [0.29, 0.717) is 11.6 Å². The topological polar surface area (TPSA) is 70.2 Å². The molecule has 2 aromatic rings. The second-order valence-corrected chi connectivity index (χ2v) is 6.36. The minimum atomic E-state index is -0.424. The molecule has 3 amide bonds. The first-order valence-corrected chi connectivity index (χ1v) is 8.37. The Labute approximate surface area is 152 Å². The fourth-order valence-electron chi connectivity index (χ4n) is 2.60. The molecular formula is C19H22ClN3O2. The molecule has 0 aliphatic heterocycles. The van der Waals surface area contributed by atoms with E-state index in [1.54, 1.807) is 6.07 Å². The maximum atomic E-state index is 12.1. The van der Waals surface area contributed by atoms with Crippen molar-refractivity contribution < 1.29 is 9.59 Å². The highest BCUT2D eigenvalue weighted by Gasteiger charge is 2.10. The van der Waals surface area contributed by atoms with Crippen LogP contribution in [0.25, 0.3) is 0 Å². The molecule has 6 heteroatoms. The fourth-order valence-corrected chi connectivity index (χ4v) is 2.80. The Kier molecular flexibility index (Phi) is 6.42. The predicted molar refractivity (Wildman–Crippen MR) is 101 cm³/mol. The first kappa shape index (κ1) is 18.8. The summed E-state index contributed by atoms with van der Waals surface area (Å²) in [5.41, 5.74) is 4.73. The molecule has 2 aromatic carbocycles. The number of benzene rings is 2. The highest BCUT2D eigenvalue weighted by Crippen LogP contribution is 2.21. The van der Waals surface area contributed by atoms with Crippen molar-refractivity contribution in [1.29, 1.82) is 0 Å². The molecule has 0 radical (unpaired) electrons. The van der Waals surface area contributed by atoms with Crippen LogP contribution in [0.3, 0.4) is 0 Å². The van der Waals surface area contributed by atoms with Crippen molar-refractivity contribution in [2.45, 2.75) is 27.3 Å². The van der Waals surface area contributed by atoms with Crippen LogP contribution in [0.4, 0.5) is 10.5 Å². The van der Waals surface area contributed by atoms with Crippen LogP contribution in [-0.2, 0) is 11.3 Å². The van der Waals surface area contributed by atoms with Gasteiger partial charge >= 0.3 is 6.03 Å². The number of anilines is 1. The van der Waals surface area contributed by atoms with Gasteiger partial charge < -0.3 is 16.0 Å². The van der Waals surface area contributed by atoms with Crippen LogP contribution >= 0.6 is 11.6 Å². The number of hydrogen-bond donors (Lipinski definition) is 3. The molecule has 0 bridgehead atoms. The van der Waals surface area contributed by atoms with Crippen molar-refractivity contribution in [2.75, 3.05) is 11.9 Å². The Balaban J connectivity index is 1.82. The van der Waals surface area contributed by atoms with Crippen molar-refractivity contribution in [1.82, 2.24) is 10.6 Å². The number of carbonyl (C=O) groups is 2. The third kappa shape index (κ3) is 5.50. The molecule has 0 unspecified atom stereocenters. The van der Waals surface area contributed by atoms with Crippen molar-refractivity contribution in [3.8, 4) is 0 Å². The molecule has 0 aromatic heterocycles. The average molecular weight is 360 g/mol. The summed E-state index contributed by atoms with van der Waals surface area (Å²) in [6, 6.07) is 10.9. The maximum absolute atomic E-state index is 12.1. The molecule has 2 rings (SSSR count). The summed E-state index contributed by atoms with van der Waals surface area (Å²) in [7, 11) is 0. The van der Waals surface area contributed by atoms with Gasteiger partial charge in [-0.05, 0) is 43.5 Å². The van der Waals surface area contributed by atoms with Gasteiger partial charge in [0.25, 0.3) is 0 Å². The molecule has 132 valence electrons. The summed E-state index contributed by atoms with van der Waals surface area (Å²) in [5, 5.41) is 8.64. The third-order valence-corrected chi connectivity index (χ3v) is 4.12. The van der Waals surface area contributed by atoms with Crippen LogP contribution in [0.15, 0.2) is 36.4 Å². The zero-order chi connectivity index (χ0) is 18.4. The number of carbonyl (C=O) groups excluding carboxylic acids is 2. The number of nitrogens with one attached hydrogen (secondary N) is 3. The van der Waals surface area contributed by atoms with E-state index in [9.17, 15) is 9.59 Å². The highest BCUT2D eigenvalue weighted by atomic mass is 35.5. The molecule has 0 heterocycles. The molecule has 0 saturated carbocycles. The van der Waals surface area contributed by atoms with Gasteiger partial charge in [0.1, 0.15) is 0 Å². The second-order valence-electron chi connectivity index (χ2n) is 5.95. The molecule has 3 N–H and O–H groups in total. The molecule has 0 aliphatic rings. The smallest absolute Gasteiger partial charge is 0.315 e. The summed E-state index contributed by atoms with van der Waals surface area (Å²) in [4.78, 5) is 23.9. The summed E-state index contributed by atoms with van der Waals surface area (Å²) in [6.07, 6.45) is 0. The second kappa shape index (κ2) is 8.53. The zero-order valence-electron chi connectivity index (χ0n) is 14.6. The standard InChI is InChI=1S/C19H22ClN3O2/c1-12-8-13(2)18(14(3)9-12)23-17(24)11-22-19(25)21-10-15-6-4-5-7-16(15)20/h4-9H,10-11H2,1-3H3,(H,23,24)(H2,21,22,25). The summed E-state index contributed by atoms with van der Waals surface area (Å²) >= 11 is 6.03. The molecule has 25 heavy (non-hydrogen) atoms. The van der Waals surface area contributed by atoms with Gasteiger partial charge in [-0.1, -0.05) is 47.5 Å². The van der Waals surface area contributed by atoms with E-state index < -0.39 is 6.03 Å². The number of aryl methyl sites for hydroxylation is 3. The molecule has 0 atom stereocenters. The van der Waals surface area contributed by atoms with Crippen LogP contribution in [0.5, 0.6) is 0 Å². The lowest BCUT2D eigenvalue weighted by molar-refractivity contribution is -0.115. The van der Waals surface area contributed by atoms with Crippen molar-refractivity contribution >= 4 is 29.2 Å². The van der Waals surface area contributed by atoms with Crippen LogP contribution < -0.4 is 16.0 Å². The van der Waals surface area contributed by atoms with E-state index in [2.05, 4.69) is 16.0 Å². The molecule has 0 aliphatic carbocycles. The highest BCUT2D eigenvalue weighted by molar-refractivity contribution is 6.31. The maximum Gasteiger partial charge on any atom is 0.315 e. The van der Waals surface area contributed by atoms with Gasteiger partial charge in [-0.15, -0.1) is 0 Å². The average Bonchev–Trinajstić information content (AvgIpc) is 2.55. The van der Waals surface area contributed by atoms with Crippen molar-refractivity contribution in [2.24, 2.45) is 0 Å². The number of rotatable bonds is 5. The van der Waals surface area contributed by atoms with Crippen molar-refractivity contribution in [3.63, 3.8) is 0 Å². The van der Waals surface area contributed by atoms with Crippen LogP contribution in [0.2, 0.25) is 5.02 Å². The summed E-state index contributed by atoms with van der Waals surface area (Å²) in [5.74, 6) is -0.275. The van der Waals surface area contributed by atoms with Gasteiger partial charge in [-0.25, -0.2) is 4.79 Å². The van der Waals surface area contributed by atoms with E-state index in [1.807, 2.05) is 51.1 Å². The van der Waals surface area contributed by atoms with Crippen LogP contribution in [-0.4, -0.2) is 18.5 Å². The molecule has 0 spiro atoms. The molecule has 0 fully saturated rings. The largest absolute Gasteiger partial charge is 0.334 e. The quantitative estimate of drug-likeness (QED) is 0.761. The number of amides is 3. The Morgan fingerprint density at radius 2 is 1.64 bits per heavy atom. The van der Waals surface area contributed by atoms with Gasteiger partial charge in [-0.3, -0.25) is 4.79 Å². The minimum Gasteiger partial charge on any atom is -0.334 e. The van der Waals surface area contributed by atoms with E-state index in [1.165, 1.54) is 0 Å². The number of urea groups is 1. The van der Waals surface area contributed by atoms with Crippen LogP contribution in [0, 0.1) is 20.8 Å². The number of hydrogen-bond acceptors (Lipinski definition) is 2. The van der Waals surface area contributed by atoms with E-state index in [-0.39, 0.29) is 12.5 Å². The van der Waals surface area contributed by atoms with Gasteiger partial charge in [0.15, 0.2) is 0 Å². The summed E-state index contributed by atoms with van der Waals surface area (Å²) in [6.45, 7) is 6.08. The molecule has 0 saturated heterocycles. The van der Waals surface area contributed by atoms with Gasteiger partial charge in [0, 0.05) is 17.3 Å². The number of halogens is 1. The lowest BCUT2D eigenvalue weighted by Crippen LogP contribution is -2.39. The predicted octanol–water partition coefficient (Wildman–Crippen LogP) is 3.70. The van der Waals surface area contributed by atoms with E-state index in [4.69, 9.17) is 11.6 Å². The van der Waals surface area contributed by atoms with Crippen LogP contribution in [0.1, 0.15) is 22.3 Å². The monoisotopic (exact) mass is 359 g/mol. The lowest BCUT2D eigenvalue weighted by atomic mass is 10.1. The van der Waals surface area contributed by atoms with Gasteiger partial charge in [-0.2, -0.15) is 0 Å². The fraction of sp³-hybridized carbons (Fsp3) is 0.263. The van der Waals surface area contributed by atoms with Gasteiger partial charge in [0.2, 0.25) is 5.91 Å². The Morgan fingerprint density at radius 3 is 2.28 bits per heavy atom. The van der Waals surface area contributed by atoms with E-state index in [0.717, 1.165) is 27.9 Å². The van der Waals surface area contributed by atoms with Crippen molar-refractivity contribution in [3.05, 3.63) is 63.7 Å². The first-order valence-electron chi connectivity index (χ1n) is 7.99. The third-order valence-electron chi connectivity index (χ3n) is 3.75.